The van der Waals surface area contributed by atoms with Crippen LogP contribution in [0, 0.1) is 0 Å². The molecule has 0 saturated heterocycles. The molecule has 0 saturated carbocycles. The Balaban J connectivity index is 2.13. The van der Waals surface area contributed by atoms with Gasteiger partial charge in [-0.3, -0.25) is 4.79 Å². The van der Waals surface area contributed by atoms with Gasteiger partial charge in [0.2, 0.25) is 5.91 Å². The fourth-order valence-electron chi connectivity index (χ4n) is 3.75. The first kappa shape index (κ1) is 27.6. The van der Waals surface area contributed by atoms with Gasteiger partial charge < -0.3 is 14.4 Å². The molecule has 1 aromatic carbocycles. The standard InChI is InChI=1S/C24H42N2O4S/c1-4-5-6-7-8-9-10-11-12-14-24(27)25-19-13-20-26(2,3)21-22-15-17-23(18-16-22)31(28,29)30/h15-18H,4-14,19-21H2,1-3H3,(H-,25,27,28,29,30). The van der Waals surface area contributed by atoms with Crippen LogP contribution >= 0.6 is 0 Å². The topological polar surface area (TPSA) is 86.3 Å². The van der Waals surface area contributed by atoms with Gasteiger partial charge >= 0.3 is 0 Å². The van der Waals surface area contributed by atoms with E-state index in [-0.39, 0.29) is 10.8 Å². The van der Waals surface area contributed by atoms with E-state index in [0.29, 0.717) is 13.0 Å². The van der Waals surface area contributed by atoms with Crippen LogP contribution in [0.3, 0.4) is 0 Å². The van der Waals surface area contributed by atoms with Crippen molar-refractivity contribution in [1.82, 2.24) is 5.32 Å². The molecule has 0 aliphatic carbocycles. The maximum atomic E-state index is 12.0. The van der Waals surface area contributed by atoms with Crippen LogP contribution in [0.15, 0.2) is 29.2 Å². The summed E-state index contributed by atoms with van der Waals surface area (Å²) < 4.78 is 33.8. The van der Waals surface area contributed by atoms with Gasteiger partial charge in [0, 0.05) is 24.9 Å². The number of nitrogens with one attached hydrogen (secondary N) is 1. The number of quaternary nitrogens is 1. The molecule has 6 nitrogen and oxygen atoms in total. The van der Waals surface area contributed by atoms with E-state index in [1.165, 1.54) is 57.1 Å². The molecule has 0 spiro atoms. The molecule has 0 radical (unpaired) electrons. The SMILES string of the molecule is CCCCCCCCCCCC(=O)NCCC[N+](C)(C)Cc1ccc(S(=O)(=O)[O-])cc1. The Morgan fingerprint density at radius 2 is 1.45 bits per heavy atom. The molecule has 1 amide bonds. The molecule has 0 heterocycles. The van der Waals surface area contributed by atoms with Gasteiger partial charge in [-0.05, 0) is 18.6 Å². The third-order valence-electron chi connectivity index (χ3n) is 5.59. The smallest absolute Gasteiger partial charge is 0.219 e. The van der Waals surface area contributed by atoms with Crippen molar-refractivity contribution >= 4 is 16.0 Å². The Labute approximate surface area is 189 Å². The minimum Gasteiger partial charge on any atom is -0.744 e. The van der Waals surface area contributed by atoms with E-state index in [0.717, 1.165) is 42.4 Å². The molecule has 0 bridgehead atoms. The van der Waals surface area contributed by atoms with Crippen LogP contribution in [0.1, 0.15) is 83.1 Å². The Kier molecular flexibility index (Phi) is 13.0. The molecule has 0 aromatic heterocycles. The maximum Gasteiger partial charge on any atom is 0.219 e. The number of unbranched alkanes of at least 4 members (excludes halogenated alkanes) is 8. The summed E-state index contributed by atoms with van der Waals surface area (Å²) in [5.41, 5.74) is 0.979. The van der Waals surface area contributed by atoms with E-state index in [1.54, 1.807) is 12.1 Å². The van der Waals surface area contributed by atoms with Gasteiger partial charge in [0.25, 0.3) is 0 Å². The lowest BCUT2D eigenvalue weighted by Crippen LogP contribution is -2.41. The normalized spacial score (nSPS) is 12.1. The van der Waals surface area contributed by atoms with E-state index < -0.39 is 10.1 Å². The Hall–Kier alpha value is -1.44. The lowest BCUT2D eigenvalue weighted by atomic mass is 10.1. The molecule has 31 heavy (non-hydrogen) atoms. The van der Waals surface area contributed by atoms with Gasteiger partial charge in [0.05, 0.1) is 25.5 Å². The summed E-state index contributed by atoms with van der Waals surface area (Å²) in [4.78, 5) is 11.8. The first-order valence-corrected chi connectivity index (χ1v) is 13.2. The summed E-state index contributed by atoms with van der Waals surface area (Å²) in [5, 5.41) is 3.02. The number of carbonyl (C=O) groups excluding carboxylic acids is 1. The van der Waals surface area contributed by atoms with Gasteiger partial charge in [-0.2, -0.15) is 0 Å². The molecule has 1 N–H and O–H groups in total. The quantitative estimate of drug-likeness (QED) is 0.212. The van der Waals surface area contributed by atoms with E-state index >= 15 is 0 Å². The molecule has 1 aromatic rings. The molecule has 178 valence electrons. The molecular formula is C24H42N2O4S. The van der Waals surface area contributed by atoms with Crippen molar-refractivity contribution in [3.8, 4) is 0 Å². The fraction of sp³-hybridized carbons (Fsp3) is 0.708. The van der Waals surface area contributed by atoms with E-state index in [1.807, 2.05) is 0 Å². The van der Waals surface area contributed by atoms with Crippen molar-refractivity contribution in [1.29, 1.82) is 0 Å². The highest BCUT2D eigenvalue weighted by Gasteiger charge is 2.16. The second kappa shape index (κ2) is 14.6. The van der Waals surface area contributed by atoms with Crippen molar-refractivity contribution in [3.63, 3.8) is 0 Å². The molecule has 7 heteroatoms. The summed E-state index contributed by atoms with van der Waals surface area (Å²) in [6, 6.07) is 6.12. The summed E-state index contributed by atoms with van der Waals surface area (Å²) >= 11 is 0. The van der Waals surface area contributed by atoms with Crippen LogP contribution in [0.25, 0.3) is 0 Å². The van der Waals surface area contributed by atoms with Gasteiger partial charge in [-0.1, -0.05) is 70.4 Å². The zero-order valence-electron chi connectivity index (χ0n) is 19.7. The highest BCUT2D eigenvalue weighted by molar-refractivity contribution is 7.85. The average molecular weight is 455 g/mol. The second-order valence-electron chi connectivity index (χ2n) is 9.20. The second-order valence-corrected chi connectivity index (χ2v) is 10.6. The first-order valence-electron chi connectivity index (χ1n) is 11.8. The van der Waals surface area contributed by atoms with Gasteiger partial charge in [0.1, 0.15) is 16.7 Å². The Morgan fingerprint density at radius 3 is 2.00 bits per heavy atom. The predicted molar refractivity (Wildman–Crippen MR) is 125 cm³/mol. The van der Waals surface area contributed by atoms with E-state index in [4.69, 9.17) is 0 Å². The third-order valence-corrected chi connectivity index (χ3v) is 6.44. The minimum atomic E-state index is -4.40. The zero-order chi connectivity index (χ0) is 23.2. The molecular weight excluding hydrogens is 412 g/mol. The molecule has 0 fully saturated rings. The lowest BCUT2D eigenvalue weighted by molar-refractivity contribution is -0.903. The summed E-state index contributed by atoms with van der Waals surface area (Å²) in [6.07, 6.45) is 12.8. The number of rotatable bonds is 17. The fourth-order valence-corrected chi connectivity index (χ4v) is 4.22. The first-order chi connectivity index (χ1) is 14.6. The Bertz CT molecular complexity index is 730. The number of benzene rings is 1. The maximum absolute atomic E-state index is 12.0. The van der Waals surface area contributed by atoms with Crippen LogP contribution in [0.5, 0.6) is 0 Å². The average Bonchev–Trinajstić information content (AvgIpc) is 2.69. The van der Waals surface area contributed by atoms with E-state index in [2.05, 4.69) is 26.3 Å². The van der Waals surface area contributed by atoms with Crippen LogP contribution < -0.4 is 5.32 Å². The largest absolute Gasteiger partial charge is 0.744 e. The molecule has 0 atom stereocenters. The number of carbonyl (C=O) groups is 1. The van der Waals surface area contributed by atoms with Crippen molar-refractivity contribution < 1.29 is 22.2 Å². The molecule has 0 aliphatic heterocycles. The molecule has 1 rings (SSSR count). The van der Waals surface area contributed by atoms with Crippen LogP contribution in [0.4, 0.5) is 0 Å². The summed E-state index contributed by atoms with van der Waals surface area (Å²) in [6.45, 7) is 4.52. The van der Waals surface area contributed by atoms with Crippen LogP contribution in [0.2, 0.25) is 0 Å². The van der Waals surface area contributed by atoms with Gasteiger partial charge in [0.15, 0.2) is 0 Å². The zero-order valence-corrected chi connectivity index (χ0v) is 20.5. The van der Waals surface area contributed by atoms with Crippen LogP contribution in [-0.4, -0.2) is 50.5 Å². The van der Waals surface area contributed by atoms with Crippen molar-refractivity contribution in [2.45, 2.75) is 89.0 Å². The lowest BCUT2D eigenvalue weighted by Gasteiger charge is -2.30. The van der Waals surface area contributed by atoms with Gasteiger partial charge in [-0.15, -0.1) is 0 Å². The van der Waals surface area contributed by atoms with Crippen molar-refractivity contribution in [2.24, 2.45) is 0 Å². The number of amides is 1. The van der Waals surface area contributed by atoms with Gasteiger partial charge in [-0.25, -0.2) is 8.42 Å². The highest BCUT2D eigenvalue weighted by atomic mass is 32.2. The van der Waals surface area contributed by atoms with Crippen molar-refractivity contribution in [2.75, 3.05) is 27.2 Å². The number of hydrogen-bond acceptors (Lipinski definition) is 4. The van der Waals surface area contributed by atoms with Crippen molar-refractivity contribution in [3.05, 3.63) is 29.8 Å². The predicted octanol–water partition coefficient (Wildman–Crippen LogP) is 4.59. The minimum absolute atomic E-state index is 0.141. The number of nitrogens with zero attached hydrogens (tertiary/aromatic N) is 1. The molecule has 0 unspecified atom stereocenters. The highest BCUT2D eigenvalue weighted by Crippen LogP contribution is 2.14. The summed E-state index contributed by atoms with van der Waals surface area (Å²) in [7, 11) is -0.202. The van der Waals surface area contributed by atoms with E-state index in [9.17, 15) is 17.8 Å². The third kappa shape index (κ3) is 13.6. The monoisotopic (exact) mass is 454 g/mol. The molecule has 0 aliphatic rings. The Morgan fingerprint density at radius 1 is 0.903 bits per heavy atom. The van der Waals surface area contributed by atoms with Crippen LogP contribution in [-0.2, 0) is 21.5 Å². The number of hydrogen-bond donors (Lipinski definition) is 1. The summed E-state index contributed by atoms with van der Waals surface area (Å²) in [5.74, 6) is 0.141.